The lowest BCUT2D eigenvalue weighted by Crippen LogP contribution is -2.22. The van der Waals surface area contributed by atoms with Gasteiger partial charge in [-0.1, -0.05) is 97.6 Å². The van der Waals surface area contributed by atoms with Crippen molar-refractivity contribution in [2.24, 2.45) is 0 Å². The second-order valence-electron chi connectivity index (χ2n) is 9.20. The van der Waals surface area contributed by atoms with Crippen LogP contribution < -0.4 is 10.6 Å². The van der Waals surface area contributed by atoms with Gasteiger partial charge in [-0.05, 0) is 36.8 Å². The Kier molecular flexibility index (Phi) is 5.72. The highest BCUT2D eigenvalue weighted by molar-refractivity contribution is 7.76. The largest absolute Gasteiger partial charge is 0.296 e. The van der Waals surface area contributed by atoms with Gasteiger partial charge in [-0.2, -0.15) is 0 Å². The molecule has 2 nitrogen and oxygen atoms in total. The van der Waals surface area contributed by atoms with Crippen LogP contribution in [0.15, 0.2) is 96.7 Å². The lowest BCUT2D eigenvalue weighted by atomic mass is 10.1. The van der Waals surface area contributed by atoms with Crippen molar-refractivity contribution >= 4 is 26.0 Å². The fraction of sp³-hybridized carbons (Fsp3) is 0.231. The van der Waals surface area contributed by atoms with Crippen LogP contribution in [0.4, 0.5) is 0 Å². The van der Waals surface area contributed by atoms with E-state index in [-0.39, 0.29) is 12.1 Å². The smallest absolute Gasteiger partial charge is 0.208 e. The molecule has 4 heteroatoms. The van der Waals surface area contributed by atoms with Crippen molar-refractivity contribution in [2.75, 3.05) is 0 Å². The van der Waals surface area contributed by atoms with E-state index in [2.05, 4.69) is 67.3 Å². The lowest BCUT2D eigenvalue weighted by molar-refractivity contribution is 0.557. The monoisotopic (exact) mass is 431 g/mol. The summed E-state index contributed by atoms with van der Waals surface area (Å²) < 4.78 is 17.1. The van der Waals surface area contributed by atoms with E-state index in [9.17, 15) is 4.57 Å². The zero-order valence-corrected chi connectivity index (χ0v) is 20.1. The molecule has 3 aromatic carbocycles. The maximum atomic E-state index is 14.9. The van der Waals surface area contributed by atoms with Gasteiger partial charge < -0.3 is 0 Å². The summed E-state index contributed by atoms with van der Waals surface area (Å²) in [4.78, 5) is 0. The van der Waals surface area contributed by atoms with Gasteiger partial charge in [0.2, 0.25) is 7.29 Å². The van der Waals surface area contributed by atoms with Crippen LogP contribution in [-0.2, 0) is 4.57 Å². The first-order valence-electron chi connectivity index (χ1n) is 10.6. The fourth-order valence-corrected chi connectivity index (χ4v) is 7.87. The van der Waals surface area contributed by atoms with Crippen molar-refractivity contribution in [2.45, 2.75) is 38.6 Å². The predicted octanol–water partition coefficient (Wildman–Crippen LogP) is 6.08. The highest BCUT2D eigenvalue weighted by Crippen LogP contribution is 2.64. The molecule has 1 saturated heterocycles. The van der Waals surface area contributed by atoms with Gasteiger partial charge in [-0.15, -0.1) is 0 Å². The topological polar surface area (TPSA) is 20.1 Å². The van der Waals surface area contributed by atoms with E-state index in [1.54, 1.807) is 0 Å². The molecule has 154 valence electrons. The van der Waals surface area contributed by atoms with Gasteiger partial charge in [0.15, 0.2) is 0 Å². The van der Waals surface area contributed by atoms with E-state index >= 15 is 0 Å². The zero-order valence-electron chi connectivity index (χ0n) is 18.2. The van der Waals surface area contributed by atoms with Gasteiger partial charge in [-0.25, -0.2) is 4.67 Å². The fourth-order valence-electron chi connectivity index (χ4n) is 3.97. The van der Waals surface area contributed by atoms with E-state index < -0.39 is 15.4 Å². The van der Waals surface area contributed by atoms with Gasteiger partial charge in [0.1, 0.15) is 0 Å². The highest BCUT2D eigenvalue weighted by atomic mass is 31.2. The molecule has 0 amide bonds. The number of rotatable bonds is 6. The minimum atomic E-state index is -2.96. The molecule has 1 fully saturated rings. The molecule has 30 heavy (non-hydrogen) atoms. The summed E-state index contributed by atoms with van der Waals surface area (Å²) in [6, 6.07) is 28.9. The van der Waals surface area contributed by atoms with E-state index in [0.717, 1.165) is 10.6 Å². The number of benzene rings is 3. The summed E-state index contributed by atoms with van der Waals surface area (Å²) in [5.74, 6) is 0. The molecule has 1 unspecified atom stereocenters. The molecular weight excluding hydrogens is 401 g/mol. The van der Waals surface area contributed by atoms with Crippen molar-refractivity contribution < 1.29 is 4.57 Å². The molecule has 4 rings (SSSR count). The minimum Gasteiger partial charge on any atom is -0.296 e. The molecular formula is C26H30NOPSi. The van der Waals surface area contributed by atoms with Crippen LogP contribution in [0.3, 0.4) is 0 Å². The van der Waals surface area contributed by atoms with Crippen molar-refractivity contribution in [3.63, 3.8) is 0 Å². The molecule has 0 spiro atoms. The van der Waals surface area contributed by atoms with Crippen LogP contribution in [0.2, 0.25) is 19.6 Å². The van der Waals surface area contributed by atoms with Crippen molar-refractivity contribution in [3.05, 3.63) is 108 Å². The summed E-state index contributed by atoms with van der Waals surface area (Å²) >= 11 is 0. The molecule has 0 bridgehead atoms. The summed E-state index contributed by atoms with van der Waals surface area (Å²) in [5, 5.41) is 1.80. The third kappa shape index (κ3) is 4.16. The van der Waals surface area contributed by atoms with Crippen LogP contribution in [0, 0.1) is 6.92 Å². The van der Waals surface area contributed by atoms with E-state index in [4.69, 9.17) is 0 Å². The third-order valence-electron chi connectivity index (χ3n) is 5.57. The molecule has 0 N–H and O–H groups in total. The first-order valence-corrected chi connectivity index (χ1v) is 15.8. The number of hydrogen-bond donors (Lipinski definition) is 0. The van der Waals surface area contributed by atoms with Gasteiger partial charge in [0.05, 0.1) is 20.2 Å². The maximum absolute atomic E-state index is 14.9. The Bertz CT molecular complexity index is 1030. The Hall–Kier alpha value is -2.19. The molecule has 1 aliphatic heterocycles. The molecule has 0 saturated carbocycles. The predicted molar refractivity (Wildman–Crippen MR) is 132 cm³/mol. The Balaban J connectivity index is 1.84. The Morgan fingerprint density at radius 1 is 0.800 bits per heavy atom. The first kappa shape index (κ1) is 21.1. The summed E-state index contributed by atoms with van der Waals surface area (Å²) in [7, 11) is -4.32. The first-order chi connectivity index (χ1) is 14.3. The zero-order chi connectivity index (χ0) is 21.4. The molecule has 3 aromatic rings. The molecule has 3 atom stereocenters. The van der Waals surface area contributed by atoms with E-state index in [0.29, 0.717) is 0 Å². The standard InChI is InChI=1S/C26H30NOPSi/c1-21-15-17-22(18-16-21)26-25(19-20-30(2,3)4)27(26)29(28,23-11-7-5-8-12-23)24-13-9-6-10-14-24/h5-20,25-26H,1-4H3/b20-19+/t25-,26-,27?/m1/s1. The Morgan fingerprint density at radius 3 is 1.77 bits per heavy atom. The minimum absolute atomic E-state index is 0.129. The normalized spacial score (nSPS) is 21.7. The van der Waals surface area contributed by atoms with Crippen LogP contribution in [0.25, 0.3) is 0 Å². The number of aryl methyl sites for hydroxylation is 1. The molecule has 1 aliphatic rings. The van der Waals surface area contributed by atoms with Gasteiger partial charge in [0, 0.05) is 10.6 Å². The van der Waals surface area contributed by atoms with Crippen molar-refractivity contribution in [1.82, 2.24) is 4.67 Å². The number of nitrogens with zero attached hydrogens (tertiary/aromatic N) is 1. The summed E-state index contributed by atoms with van der Waals surface area (Å²) in [6.07, 6.45) is 2.31. The average molecular weight is 432 g/mol. The van der Waals surface area contributed by atoms with Crippen LogP contribution in [0.5, 0.6) is 0 Å². The maximum Gasteiger partial charge on any atom is 0.208 e. The van der Waals surface area contributed by atoms with E-state index in [1.165, 1.54) is 11.1 Å². The average Bonchev–Trinajstić information content (AvgIpc) is 3.48. The molecule has 0 radical (unpaired) electrons. The Labute approximate surface area is 181 Å². The SMILES string of the molecule is Cc1ccc([C@@H]2[C@@H](/C=C/[Si](C)(C)C)N2P(=O)(c2ccccc2)c2ccccc2)cc1. The number of hydrogen-bond acceptors (Lipinski definition) is 1. The Morgan fingerprint density at radius 2 is 1.30 bits per heavy atom. The van der Waals surface area contributed by atoms with Crippen LogP contribution in [-0.4, -0.2) is 18.8 Å². The summed E-state index contributed by atoms with van der Waals surface area (Å²) in [6.45, 7) is 9.12. The van der Waals surface area contributed by atoms with E-state index in [1.807, 2.05) is 60.7 Å². The third-order valence-corrected chi connectivity index (χ3v) is 9.93. The van der Waals surface area contributed by atoms with Gasteiger partial charge in [-0.3, -0.25) is 4.57 Å². The van der Waals surface area contributed by atoms with Gasteiger partial charge >= 0.3 is 0 Å². The molecule has 0 aliphatic carbocycles. The quantitative estimate of drug-likeness (QED) is 0.268. The van der Waals surface area contributed by atoms with Gasteiger partial charge in [0.25, 0.3) is 0 Å². The second kappa shape index (κ2) is 8.15. The highest BCUT2D eigenvalue weighted by Gasteiger charge is 2.57. The van der Waals surface area contributed by atoms with Crippen LogP contribution >= 0.6 is 7.29 Å². The van der Waals surface area contributed by atoms with Crippen molar-refractivity contribution in [3.8, 4) is 0 Å². The van der Waals surface area contributed by atoms with Crippen molar-refractivity contribution in [1.29, 1.82) is 0 Å². The molecule has 1 heterocycles. The summed E-state index contributed by atoms with van der Waals surface area (Å²) in [5.41, 5.74) is 4.87. The molecule has 0 aromatic heterocycles. The van der Waals surface area contributed by atoms with Crippen LogP contribution in [0.1, 0.15) is 17.2 Å². The second-order valence-corrected chi connectivity index (χ2v) is 16.9. The lowest BCUT2D eigenvalue weighted by Gasteiger charge is -2.22.